The van der Waals surface area contributed by atoms with Gasteiger partial charge in [-0.3, -0.25) is 14.5 Å². The Bertz CT molecular complexity index is 927. The van der Waals surface area contributed by atoms with Crippen LogP contribution in [0, 0.1) is 17.3 Å². The number of carboxylic acid groups (broad SMARTS) is 1. The number of hydrogen-bond donors (Lipinski definition) is 1. The monoisotopic (exact) mass is 532 g/mol. The molecule has 2 aliphatic rings. The van der Waals surface area contributed by atoms with Gasteiger partial charge in [-0.15, -0.1) is 0 Å². The molecule has 1 fully saturated rings. The number of amides is 1. The zero-order valence-electron chi connectivity index (χ0n) is 24.2. The summed E-state index contributed by atoms with van der Waals surface area (Å²) in [6.45, 7) is 12.9. The second kappa shape index (κ2) is 13.5. The van der Waals surface area contributed by atoms with E-state index in [4.69, 9.17) is 14.2 Å². The fourth-order valence-corrected chi connectivity index (χ4v) is 6.06. The van der Waals surface area contributed by atoms with E-state index in [9.17, 15) is 14.7 Å². The molecule has 4 atom stereocenters. The standard InChI is InChI=1S/C30H48N2O6/c1-7-10-16-31(17-11-8-2)25(33)20-32-19-21(26(28(34)35)22(32)18-30(4,5)15-9-3)29-37-24-14-12-13-23(36-6)27(24)38-29/h12-14,21-22,26,29H,7-11,15-20H2,1-6H3,(H,34,35)/t21-,22+,26-,29?/m0/s1. The molecule has 0 saturated carbocycles. The molecule has 0 aliphatic carbocycles. The number of fused-ring (bicyclic) bond motifs is 1. The van der Waals surface area contributed by atoms with Crippen molar-refractivity contribution in [2.75, 3.05) is 33.3 Å². The van der Waals surface area contributed by atoms with E-state index in [1.807, 2.05) is 17.0 Å². The number of ether oxygens (including phenoxy) is 3. The SMILES string of the molecule is CCCCN(CCCC)C(=O)CN1C[C@H](C2Oc3cccc(OC)c3O2)[C@H](C(=O)O)[C@H]1CC(C)(C)CCC. The highest BCUT2D eigenvalue weighted by Gasteiger charge is 2.53. The van der Waals surface area contributed by atoms with E-state index in [-0.39, 0.29) is 23.9 Å². The second-order valence-corrected chi connectivity index (χ2v) is 11.6. The van der Waals surface area contributed by atoms with Gasteiger partial charge in [-0.1, -0.05) is 59.9 Å². The fourth-order valence-electron chi connectivity index (χ4n) is 6.06. The van der Waals surface area contributed by atoms with Crippen molar-refractivity contribution >= 4 is 11.9 Å². The predicted molar refractivity (Wildman–Crippen MR) is 148 cm³/mol. The van der Waals surface area contributed by atoms with Crippen molar-refractivity contribution in [3.63, 3.8) is 0 Å². The highest BCUT2D eigenvalue weighted by molar-refractivity contribution is 5.79. The maximum atomic E-state index is 13.6. The van der Waals surface area contributed by atoms with Crippen molar-refractivity contribution in [1.82, 2.24) is 9.80 Å². The molecule has 214 valence electrons. The molecule has 2 heterocycles. The van der Waals surface area contributed by atoms with Gasteiger partial charge in [0, 0.05) is 25.7 Å². The Labute approximate surface area is 228 Å². The van der Waals surface area contributed by atoms with Crippen LogP contribution in [0.5, 0.6) is 17.2 Å². The minimum atomic E-state index is -0.869. The van der Waals surface area contributed by atoms with Gasteiger partial charge in [-0.2, -0.15) is 0 Å². The lowest BCUT2D eigenvalue weighted by molar-refractivity contribution is -0.147. The summed E-state index contributed by atoms with van der Waals surface area (Å²) in [5, 5.41) is 10.5. The summed E-state index contributed by atoms with van der Waals surface area (Å²) in [5.74, 6) is -0.319. The van der Waals surface area contributed by atoms with Gasteiger partial charge in [0.25, 0.3) is 0 Å². The minimum Gasteiger partial charge on any atom is -0.493 e. The average Bonchev–Trinajstić information content (AvgIpc) is 3.45. The highest BCUT2D eigenvalue weighted by atomic mass is 16.7. The van der Waals surface area contributed by atoms with Crippen molar-refractivity contribution in [3.8, 4) is 17.2 Å². The van der Waals surface area contributed by atoms with Crippen molar-refractivity contribution in [1.29, 1.82) is 0 Å². The van der Waals surface area contributed by atoms with Crippen LogP contribution in [0.3, 0.4) is 0 Å². The molecule has 1 amide bonds. The van der Waals surface area contributed by atoms with Crippen LogP contribution < -0.4 is 14.2 Å². The van der Waals surface area contributed by atoms with Crippen LogP contribution in [-0.4, -0.2) is 72.4 Å². The molecule has 1 aromatic carbocycles. The summed E-state index contributed by atoms with van der Waals surface area (Å²) in [5.41, 5.74) is -0.0585. The van der Waals surface area contributed by atoms with Gasteiger partial charge in [0.15, 0.2) is 11.5 Å². The van der Waals surface area contributed by atoms with Gasteiger partial charge < -0.3 is 24.2 Å². The number of carbonyl (C=O) groups is 2. The quantitative estimate of drug-likeness (QED) is 0.322. The number of carboxylic acids is 1. The Kier molecular flexibility index (Phi) is 10.7. The first-order chi connectivity index (χ1) is 18.1. The molecule has 0 radical (unpaired) electrons. The number of rotatable bonds is 15. The van der Waals surface area contributed by atoms with Crippen LogP contribution in [0.4, 0.5) is 0 Å². The summed E-state index contributed by atoms with van der Waals surface area (Å²) in [6, 6.07) is 5.15. The molecule has 2 aliphatic heterocycles. The lowest BCUT2D eigenvalue weighted by atomic mass is 9.77. The van der Waals surface area contributed by atoms with Crippen molar-refractivity contribution in [2.24, 2.45) is 17.3 Å². The van der Waals surface area contributed by atoms with Crippen LogP contribution in [0.2, 0.25) is 0 Å². The summed E-state index contributed by atoms with van der Waals surface area (Å²) in [7, 11) is 1.57. The smallest absolute Gasteiger partial charge is 0.308 e. The van der Waals surface area contributed by atoms with Crippen molar-refractivity contribution < 1.29 is 28.9 Å². The number of likely N-dealkylation sites (tertiary alicyclic amines) is 1. The molecule has 1 saturated heterocycles. The van der Waals surface area contributed by atoms with Gasteiger partial charge in [0.05, 0.1) is 25.5 Å². The minimum absolute atomic E-state index is 0.0585. The Morgan fingerprint density at radius 1 is 1.11 bits per heavy atom. The van der Waals surface area contributed by atoms with E-state index in [1.54, 1.807) is 13.2 Å². The van der Waals surface area contributed by atoms with E-state index in [1.165, 1.54) is 0 Å². The zero-order chi connectivity index (χ0) is 27.9. The van der Waals surface area contributed by atoms with Gasteiger partial charge in [0.2, 0.25) is 17.9 Å². The molecule has 1 N–H and O–H groups in total. The second-order valence-electron chi connectivity index (χ2n) is 11.6. The van der Waals surface area contributed by atoms with E-state index in [0.717, 1.165) is 51.6 Å². The molecule has 8 nitrogen and oxygen atoms in total. The zero-order valence-corrected chi connectivity index (χ0v) is 24.2. The van der Waals surface area contributed by atoms with E-state index in [0.29, 0.717) is 30.2 Å². The Morgan fingerprint density at radius 3 is 2.37 bits per heavy atom. The summed E-state index contributed by atoms with van der Waals surface area (Å²) in [6.07, 6.45) is 5.92. The average molecular weight is 533 g/mol. The Morgan fingerprint density at radius 2 is 1.79 bits per heavy atom. The third-order valence-corrected chi connectivity index (χ3v) is 8.01. The van der Waals surface area contributed by atoms with Gasteiger partial charge in [-0.05, 0) is 43.2 Å². The van der Waals surface area contributed by atoms with E-state index < -0.39 is 24.1 Å². The molecule has 0 spiro atoms. The number of carbonyl (C=O) groups excluding carboxylic acids is 1. The molecule has 3 rings (SSSR count). The molecule has 8 heteroatoms. The van der Waals surface area contributed by atoms with Crippen LogP contribution in [0.15, 0.2) is 18.2 Å². The normalized spacial score (nSPS) is 23.0. The molecule has 1 aromatic rings. The first-order valence-electron chi connectivity index (χ1n) is 14.4. The molecule has 38 heavy (non-hydrogen) atoms. The molecule has 0 bridgehead atoms. The van der Waals surface area contributed by atoms with Crippen LogP contribution in [0.25, 0.3) is 0 Å². The Hall–Kier alpha value is -2.48. The topological polar surface area (TPSA) is 88.5 Å². The lowest BCUT2D eigenvalue weighted by Gasteiger charge is -2.35. The van der Waals surface area contributed by atoms with Crippen LogP contribution in [-0.2, 0) is 9.59 Å². The first-order valence-corrected chi connectivity index (χ1v) is 14.4. The molecular formula is C30H48N2O6. The maximum absolute atomic E-state index is 13.6. The number of aliphatic carboxylic acids is 1. The van der Waals surface area contributed by atoms with Gasteiger partial charge >= 0.3 is 5.97 Å². The summed E-state index contributed by atoms with van der Waals surface area (Å²) >= 11 is 0. The number of nitrogens with zero attached hydrogens (tertiary/aromatic N) is 2. The molecule has 1 unspecified atom stereocenters. The molecule has 0 aromatic heterocycles. The predicted octanol–water partition coefficient (Wildman–Crippen LogP) is 5.44. The largest absolute Gasteiger partial charge is 0.493 e. The lowest BCUT2D eigenvalue weighted by Crippen LogP contribution is -2.46. The number of benzene rings is 1. The number of hydrogen-bond acceptors (Lipinski definition) is 6. The van der Waals surface area contributed by atoms with Gasteiger partial charge in [-0.25, -0.2) is 0 Å². The highest BCUT2D eigenvalue weighted by Crippen LogP contribution is 2.48. The third-order valence-electron chi connectivity index (χ3n) is 8.01. The Balaban J connectivity index is 1.88. The maximum Gasteiger partial charge on any atom is 0.308 e. The third kappa shape index (κ3) is 7.13. The van der Waals surface area contributed by atoms with Crippen molar-refractivity contribution in [3.05, 3.63) is 18.2 Å². The molecular weight excluding hydrogens is 484 g/mol. The van der Waals surface area contributed by atoms with Crippen molar-refractivity contribution in [2.45, 2.75) is 91.9 Å². The summed E-state index contributed by atoms with van der Waals surface area (Å²) in [4.78, 5) is 30.4. The van der Waals surface area contributed by atoms with Gasteiger partial charge in [0.1, 0.15) is 0 Å². The van der Waals surface area contributed by atoms with E-state index in [2.05, 4.69) is 39.5 Å². The number of para-hydroxylation sites is 1. The first kappa shape index (κ1) is 30.1. The summed E-state index contributed by atoms with van der Waals surface area (Å²) < 4.78 is 17.8. The van der Waals surface area contributed by atoms with E-state index >= 15 is 0 Å². The number of methoxy groups -OCH3 is 1. The number of unbranched alkanes of at least 4 members (excludes halogenated alkanes) is 2. The van der Waals surface area contributed by atoms with Crippen LogP contribution >= 0.6 is 0 Å². The fraction of sp³-hybridized carbons (Fsp3) is 0.733. The van der Waals surface area contributed by atoms with Crippen LogP contribution in [0.1, 0.15) is 79.6 Å².